The van der Waals surface area contributed by atoms with Crippen LogP contribution in [0.1, 0.15) is 19.8 Å². The molecule has 0 spiro atoms. The highest BCUT2D eigenvalue weighted by molar-refractivity contribution is 7.92. The molecule has 1 atom stereocenters. The van der Waals surface area contributed by atoms with Crippen molar-refractivity contribution in [3.63, 3.8) is 0 Å². The molecule has 0 aromatic heterocycles. The quantitative estimate of drug-likeness (QED) is 0.827. The van der Waals surface area contributed by atoms with Gasteiger partial charge in [-0.25, -0.2) is 8.42 Å². The minimum absolute atomic E-state index is 0.00615. The number of carbonyl (C=O) groups excluding carboxylic acids is 1. The number of para-hydroxylation sites is 2. The van der Waals surface area contributed by atoms with Gasteiger partial charge in [0.25, 0.3) is 5.91 Å². The van der Waals surface area contributed by atoms with E-state index < -0.39 is 16.1 Å². The molecule has 1 aromatic carbocycles. The number of nitrogens with zero attached hydrogens (tertiary/aromatic N) is 1. The molecule has 0 aliphatic carbocycles. The largest absolute Gasteiger partial charge is 0.476 e. The topological polar surface area (TPSA) is 75.7 Å². The van der Waals surface area contributed by atoms with Gasteiger partial charge in [0, 0.05) is 6.54 Å². The molecule has 7 heteroatoms. The van der Waals surface area contributed by atoms with Gasteiger partial charge in [0.15, 0.2) is 6.10 Å². The molecule has 0 fully saturated rings. The van der Waals surface area contributed by atoms with Gasteiger partial charge < -0.3 is 10.1 Å². The first-order chi connectivity index (χ1) is 9.93. The maximum absolute atomic E-state index is 12.1. The van der Waals surface area contributed by atoms with Crippen LogP contribution in [0.2, 0.25) is 0 Å². The zero-order chi connectivity index (χ0) is 15.5. The van der Waals surface area contributed by atoms with Crippen LogP contribution in [0.25, 0.3) is 0 Å². The number of amides is 1. The van der Waals surface area contributed by atoms with E-state index in [1.54, 1.807) is 24.3 Å². The van der Waals surface area contributed by atoms with Gasteiger partial charge >= 0.3 is 0 Å². The minimum Gasteiger partial charge on any atom is -0.476 e. The van der Waals surface area contributed by atoms with E-state index in [0.29, 0.717) is 18.0 Å². The molecule has 21 heavy (non-hydrogen) atoms. The Bertz CT molecular complexity index is 615. The van der Waals surface area contributed by atoms with E-state index in [1.165, 1.54) is 4.31 Å². The van der Waals surface area contributed by atoms with E-state index in [1.807, 2.05) is 6.92 Å². The van der Waals surface area contributed by atoms with Gasteiger partial charge in [-0.15, -0.1) is 0 Å². The fourth-order valence-corrected chi connectivity index (χ4v) is 3.07. The molecule has 1 aromatic rings. The number of carbonyl (C=O) groups is 1. The first kappa shape index (κ1) is 15.6. The summed E-state index contributed by atoms with van der Waals surface area (Å²) < 4.78 is 30.7. The average Bonchev–Trinajstić information content (AvgIpc) is 2.45. The molecule has 1 heterocycles. The second-order valence-electron chi connectivity index (χ2n) is 5.01. The Kier molecular flexibility index (Phi) is 4.72. The van der Waals surface area contributed by atoms with Crippen LogP contribution in [0.4, 0.5) is 5.69 Å². The second-order valence-corrected chi connectivity index (χ2v) is 6.92. The van der Waals surface area contributed by atoms with Gasteiger partial charge in [0.2, 0.25) is 10.0 Å². The fourth-order valence-electron chi connectivity index (χ4n) is 2.16. The lowest BCUT2D eigenvalue weighted by Crippen LogP contribution is -2.50. The van der Waals surface area contributed by atoms with Crippen molar-refractivity contribution in [1.29, 1.82) is 0 Å². The number of fused-ring (bicyclic) bond motifs is 1. The number of rotatable bonds is 5. The zero-order valence-electron chi connectivity index (χ0n) is 12.2. The molecule has 1 unspecified atom stereocenters. The molecule has 1 amide bonds. The normalized spacial score (nSPS) is 17.8. The lowest BCUT2D eigenvalue weighted by molar-refractivity contribution is -0.127. The Morgan fingerprint density at radius 3 is 2.81 bits per heavy atom. The third-order valence-electron chi connectivity index (χ3n) is 3.26. The summed E-state index contributed by atoms with van der Waals surface area (Å²) in [5.41, 5.74) is 0.470. The van der Waals surface area contributed by atoms with Crippen LogP contribution in [-0.2, 0) is 14.8 Å². The lowest BCUT2D eigenvalue weighted by Gasteiger charge is -2.33. The number of benzene rings is 1. The van der Waals surface area contributed by atoms with E-state index in [-0.39, 0.29) is 12.5 Å². The maximum Gasteiger partial charge on any atom is 0.263 e. The highest BCUT2D eigenvalue weighted by atomic mass is 32.2. The molecule has 0 saturated carbocycles. The van der Waals surface area contributed by atoms with Gasteiger partial charge in [0.1, 0.15) is 5.75 Å². The molecule has 1 aliphatic heterocycles. The third kappa shape index (κ3) is 3.66. The number of hydrogen-bond donors (Lipinski definition) is 1. The predicted octanol–water partition coefficient (Wildman–Crippen LogP) is 1.13. The summed E-state index contributed by atoms with van der Waals surface area (Å²) in [4.78, 5) is 12.1. The van der Waals surface area contributed by atoms with E-state index in [0.717, 1.165) is 19.1 Å². The average molecular weight is 312 g/mol. The minimum atomic E-state index is -3.46. The Morgan fingerprint density at radius 1 is 1.43 bits per heavy atom. The predicted molar refractivity (Wildman–Crippen MR) is 81.0 cm³/mol. The van der Waals surface area contributed by atoms with Gasteiger partial charge in [0.05, 0.1) is 18.5 Å². The molecule has 2 rings (SSSR count). The van der Waals surface area contributed by atoms with Crippen LogP contribution in [0, 0.1) is 0 Å². The van der Waals surface area contributed by atoms with Crippen LogP contribution < -0.4 is 14.4 Å². The number of nitrogens with one attached hydrogen (secondary N) is 1. The fraction of sp³-hybridized carbons (Fsp3) is 0.500. The van der Waals surface area contributed by atoms with Crippen molar-refractivity contribution in [3.8, 4) is 5.75 Å². The number of unbranched alkanes of at least 4 members (excludes halogenated alkanes) is 1. The first-order valence-corrected chi connectivity index (χ1v) is 8.79. The summed E-state index contributed by atoms with van der Waals surface area (Å²) in [5, 5.41) is 2.77. The second kappa shape index (κ2) is 6.34. The van der Waals surface area contributed by atoms with Crippen molar-refractivity contribution in [2.24, 2.45) is 0 Å². The Labute approximate surface area is 125 Å². The molecular formula is C14H20N2O4S. The summed E-state index contributed by atoms with van der Waals surface area (Å²) in [7, 11) is -3.46. The molecule has 1 N–H and O–H groups in total. The number of hydrogen-bond acceptors (Lipinski definition) is 4. The molecule has 0 saturated heterocycles. The van der Waals surface area contributed by atoms with Crippen LogP contribution in [-0.4, -0.2) is 39.8 Å². The molecule has 116 valence electrons. The van der Waals surface area contributed by atoms with Crippen LogP contribution in [0.15, 0.2) is 24.3 Å². The smallest absolute Gasteiger partial charge is 0.263 e. The van der Waals surface area contributed by atoms with E-state index in [9.17, 15) is 13.2 Å². The van der Waals surface area contributed by atoms with Crippen molar-refractivity contribution in [1.82, 2.24) is 5.32 Å². The number of ether oxygens (including phenoxy) is 1. The number of sulfonamides is 1. The molecule has 1 aliphatic rings. The molecule has 6 nitrogen and oxygen atoms in total. The standard InChI is InChI=1S/C14H20N2O4S/c1-3-4-9-15-14(17)13-10-16(21(2,18)19)11-7-5-6-8-12(11)20-13/h5-8,13H,3-4,9-10H2,1-2H3,(H,15,17). The summed E-state index contributed by atoms with van der Waals surface area (Å²) in [6.07, 6.45) is 2.15. The van der Waals surface area contributed by atoms with Crippen LogP contribution in [0.3, 0.4) is 0 Å². The molecular weight excluding hydrogens is 292 g/mol. The summed E-state index contributed by atoms with van der Waals surface area (Å²) in [5.74, 6) is 0.122. The Balaban J connectivity index is 2.20. The molecule has 0 radical (unpaired) electrons. The van der Waals surface area contributed by atoms with Crippen molar-refractivity contribution in [2.45, 2.75) is 25.9 Å². The van der Waals surface area contributed by atoms with E-state index >= 15 is 0 Å². The summed E-state index contributed by atoms with van der Waals surface area (Å²) in [6.45, 7) is 2.59. The van der Waals surface area contributed by atoms with Gasteiger partial charge in [-0.05, 0) is 18.6 Å². The van der Waals surface area contributed by atoms with Gasteiger partial charge in [-0.2, -0.15) is 0 Å². The zero-order valence-corrected chi connectivity index (χ0v) is 13.0. The first-order valence-electron chi connectivity index (χ1n) is 6.94. The van der Waals surface area contributed by atoms with Crippen LogP contribution >= 0.6 is 0 Å². The Morgan fingerprint density at radius 2 is 2.14 bits per heavy atom. The van der Waals surface area contributed by atoms with Crippen molar-refractivity contribution in [3.05, 3.63) is 24.3 Å². The highest BCUT2D eigenvalue weighted by Gasteiger charge is 2.34. The van der Waals surface area contributed by atoms with E-state index in [4.69, 9.17) is 4.74 Å². The van der Waals surface area contributed by atoms with Gasteiger partial charge in [-0.3, -0.25) is 9.10 Å². The highest BCUT2D eigenvalue weighted by Crippen LogP contribution is 2.34. The van der Waals surface area contributed by atoms with E-state index in [2.05, 4.69) is 5.32 Å². The number of anilines is 1. The van der Waals surface area contributed by atoms with Crippen molar-refractivity contribution >= 4 is 21.6 Å². The molecule has 0 bridgehead atoms. The summed E-state index contributed by atoms with van der Waals surface area (Å²) >= 11 is 0. The van der Waals surface area contributed by atoms with Crippen molar-refractivity contribution in [2.75, 3.05) is 23.7 Å². The van der Waals surface area contributed by atoms with Crippen molar-refractivity contribution < 1.29 is 17.9 Å². The van der Waals surface area contributed by atoms with Gasteiger partial charge in [-0.1, -0.05) is 25.5 Å². The summed E-state index contributed by atoms with van der Waals surface area (Å²) in [6, 6.07) is 6.82. The third-order valence-corrected chi connectivity index (χ3v) is 4.40. The SMILES string of the molecule is CCCCNC(=O)C1CN(S(C)(=O)=O)c2ccccc2O1. The monoisotopic (exact) mass is 312 g/mol. The Hall–Kier alpha value is -1.76. The van der Waals surface area contributed by atoms with Crippen LogP contribution in [0.5, 0.6) is 5.75 Å². The lowest BCUT2D eigenvalue weighted by atomic mass is 10.2. The maximum atomic E-state index is 12.1.